The van der Waals surface area contributed by atoms with Crippen LogP contribution >= 0.6 is 0 Å². The van der Waals surface area contributed by atoms with E-state index in [2.05, 4.69) is 17.1 Å². The molecule has 4 heteroatoms. The second-order valence-electron chi connectivity index (χ2n) is 4.22. The van der Waals surface area contributed by atoms with E-state index in [0.29, 0.717) is 6.04 Å². The summed E-state index contributed by atoms with van der Waals surface area (Å²) in [5.41, 5.74) is 0. The molecule has 1 fully saturated rings. The number of aliphatic carboxylic acids is 1. The number of carbonyl (C=O) groups is 1. The second-order valence-corrected chi connectivity index (χ2v) is 4.22. The highest BCUT2D eigenvalue weighted by Crippen LogP contribution is 2.12. The number of nitrogens with one attached hydrogen (secondary N) is 1. The first-order valence-corrected chi connectivity index (χ1v) is 6.08. The third-order valence-corrected chi connectivity index (χ3v) is 2.94. The van der Waals surface area contributed by atoms with E-state index in [0.717, 1.165) is 32.6 Å². The van der Waals surface area contributed by atoms with Gasteiger partial charge in [0.2, 0.25) is 0 Å². The van der Waals surface area contributed by atoms with Crippen LogP contribution in [0.5, 0.6) is 0 Å². The number of carboxylic acid groups (broad SMARTS) is 1. The van der Waals surface area contributed by atoms with Gasteiger partial charge in [-0.25, -0.2) is 4.79 Å². The molecular formula is C12H22N2O2. The maximum atomic E-state index is 10.4. The van der Waals surface area contributed by atoms with Crippen LogP contribution in [0, 0.1) is 0 Å². The fourth-order valence-electron chi connectivity index (χ4n) is 2.17. The average molecular weight is 226 g/mol. The predicted molar refractivity (Wildman–Crippen MR) is 64.5 cm³/mol. The first-order valence-electron chi connectivity index (χ1n) is 6.08. The Bertz CT molecular complexity index is 235. The summed E-state index contributed by atoms with van der Waals surface area (Å²) in [6.45, 7) is 6.12. The lowest BCUT2D eigenvalue weighted by Gasteiger charge is -2.33. The van der Waals surface area contributed by atoms with Crippen LogP contribution in [0.1, 0.15) is 26.2 Å². The van der Waals surface area contributed by atoms with Crippen molar-refractivity contribution in [2.75, 3.05) is 26.2 Å². The van der Waals surface area contributed by atoms with Crippen LogP contribution in [0.4, 0.5) is 0 Å². The van der Waals surface area contributed by atoms with Crippen LogP contribution in [0.15, 0.2) is 12.2 Å². The van der Waals surface area contributed by atoms with Crippen LogP contribution in [0.3, 0.4) is 0 Å². The summed E-state index contributed by atoms with van der Waals surface area (Å²) < 4.78 is 0. The third-order valence-electron chi connectivity index (χ3n) is 2.94. The lowest BCUT2D eigenvalue weighted by atomic mass is 10.0. The Morgan fingerprint density at radius 1 is 1.50 bits per heavy atom. The Labute approximate surface area is 97.3 Å². The molecule has 0 saturated carbocycles. The van der Waals surface area contributed by atoms with E-state index in [9.17, 15) is 4.79 Å². The number of rotatable bonds is 6. The van der Waals surface area contributed by atoms with Crippen molar-refractivity contribution in [1.82, 2.24) is 10.2 Å². The molecule has 0 unspecified atom stereocenters. The molecule has 0 aliphatic carbocycles. The molecule has 16 heavy (non-hydrogen) atoms. The van der Waals surface area contributed by atoms with E-state index in [4.69, 9.17) is 5.11 Å². The first-order chi connectivity index (χ1) is 7.74. The van der Waals surface area contributed by atoms with Crippen molar-refractivity contribution in [2.24, 2.45) is 0 Å². The lowest BCUT2D eigenvalue weighted by molar-refractivity contribution is -0.131. The van der Waals surface area contributed by atoms with Crippen molar-refractivity contribution in [1.29, 1.82) is 0 Å². The summed E-state index contributed by atoms with van der Waals surface area (Å²) in [6.07, 6.45) is 6.44. The van der Waals surface area contributed by atoms with Gasteiger partial charge >= 0.3 is 5.97 Å². The molecule has 0 aromatic carbocycles. The Balaban J connectivity index is 2.41. The normalized spacial score (nSPS) is 18.4. The van der Waals surface area contributed by atoms with Gasteiger partial charge < -0.3 is 10.4 Å². The fourth-order valence-corrected chi connectivity index (χ4v) is 2.17. The molecule has 4 nitrogen and oxygen atoms in total. The summed E-state index contributed by atoms with van der Waals surface area (Å²) in [4.78, 5) is 12.8. The molecule has 1 rings (SSSR count). The number of hydrogen-bond donors (Lipinski definition) is 2. The van der Waals surface area contributed by atoms with E-state index in [1.54, 1.807) is 6.08 Å². The topological polar surface area (TPSA) is 52.6 Å². The highest BCUT2D eigenvalue weighted by Gasteiger charge is 2.18. The fraction of sp³-hybridized carbons (Fsp3) is 0.750. The molecule has 92 valence electrons. The maximum absolute atomic E-state index is 10.4. The van der Waals surface area contributed by atoms with Crippen LogP contribution in [-0.4, -0.2) is 48.2 Å². The summed E-state index contributed by atoms with van der Waals surface area (Å²) in [7, 11) is 0. The third kappa shape index (κ3) is 4.77. The molecule has 1 heterocycles. The standard InChI is InChI=1S/C12H22N2O2/c1-2-9-14(10-3-4-12(15)16)11-5-7-13-8-6-11/h3-4,11,13H,2,5-10H2,1H3,(H,15,16). The Morgan fingerprint density at radius 3 is 2.75 bits per heavy atom. The molecule has 0 atom stereocenters. The van der Waals surface area contributed by atoms with Gasteiger partial charge in [-0.15, -0.1) is 0 Å². The van der Waals surface area contributed by atoms with Gasteiger partial charge in [0.05, 0.1) is 0 Å². The van der Waals surface area contributed by atoms with Gasteiger partial charge in [-0.2, -0.15) is 0 Å². The molecule has 0 amide bonds. The molecule has 0 spiro atoms. The number of nitrogens with zero attached hydrogens (tertiary/aromatic N) is 1. The molecule has 0 aromatic rings. The van der Waals surface area contributed by atoms with Crippen molar-refractivity contribution in [3.8, 4) is 0 Å². The SMILES string of the molecule is CCCN(CC=CC(=O)O)C1CCNCC1. The lowest BCUT2D eigenvalue weighted by Crippen LogP contribution is -2.43. The minimum Gasteiger partial charge on any atom is -0.478 e. The van der Waals surface area contributed by atoms with E-state index in [-0.39, 0.29) is 0 Å². The molecule has 0 aromatic heterocycles. The van der Waals surface area contributed by atoms with Gasteiger partial charge in [0.25, 0.3) is 0 Å². The van der Waals surface area contributed by atoms with Gasteiger partial charge in [-0.3, -0.25) is 4.90 Å². The predicted octanol–water partition coefficient (Wildman–Crippen LogP) is 1.09. The number of carboxylic acids is 1. The zero-order chi connectivity index (χ0) is 11.8. The second kappa shape index (κ2) is 7.41. The molecule has 0 bridgehead atoms. The monoisotopic (exact) mass is 226 g/mol. The molecule has 1 saturated heterocycles. The highest BCUT2D eigenvalue weighted by atomic mass is 16.4. The van der Waals surface area contributed by atoms with Gasteiger partial charge in [0.1, 0.15) is 0 Å². The highest BCUT2D eigenvalue weighted by molar-refractivity contribution is 5.79. The summed E-state index contributed by atoms with van der Waals surface area (Å²) >= 11 is 0. The van der Waals surface area contributed by atoms with Crippen LogP contribution < -0.4 is 5.32 Å². The first kappa shape index (κ1) is 13.2. The minimum absolute atomic E-state index is 0.611. The van der Waals surface area contributed by atoms with Crippen molar-refractivity contribution < 1.29 is 9.90 Å². The van der Waals surface area contributed by atoms with Gasteiger partial charge in [-0.1, -0.05) is 13.0 Å². The molecule has 0 radical (unpaired) electrons. The largest absolute Gasteiger partial charge is 0.478 e. The quantitative estimate of drug-likeness (QED) is 0.666. The summed E-state index contributed by atoms with van der Waals surface area (Å²) in [5.74, 6) is -0.859. The number of hydrogen-bond acceptors (Lipinski definition) is 3. The summed E-state index contributed by atoms with van der Waals surface area (Å²) in [5, 5.41) is 11.9. The smallest absolute Gasteiger partial charge is 0.328 e. The van der Waals surface area contributed by atoms with Gasteiger partial charge in [-0.05, 0) is 38.9 Å². The van der Waals surface area contributed by atoms with E-state index >= 15 is 0 Å². The zero-order valence-electron chi connectivity index (χ0n) is 9.98. The average Bonchev–Trinajstić information content (AvgIpc) is 2.29. The molecule has 1 aliphatic heterocycles. The maximum Gasteiger partial charge on any atom is 0.328 e. The van der Waals surface area contributed by atoms with Crippen molar-refractivity contribution in [3.63, 3.8) is 0 Å². The van der Waals surface area contributed by atoms with E-state index in [1.807, 2.05) is 0 Å². The van der Waals surface area contributed by atoms with Crippen LogP contribution in [-0.2, 0) is 4.79 Å². The Kier molecular flexibility index (Phi) is 6.11. The Morgan fingerprint density at radius 2 is 2.19 bits per heavy atom. The van der Waals surface area contributed by atoms with Crippen LogP contribution in [0.25, 0.3) is 0 Å². The van der Waals surface area contributed by atoms with Crippen molar-refractivity contribution >= 4 is 5.97 Å². The Hall–Kier alpha value is -0.870. The van der Waals surface area contributed by atoms with E-state index in [1.165, 1.54) is 18.9 Å². The van der Waals surface area contributed by atoms with Crippen molar-refractivity contribution in [2.45, 2.75) is 32.2 Å². The van der Waals surface area contributed by atoms with E-state index < -0.39 is 5.97 Å². The van der Waals surface area contributed by atoms with Gasteiger partial charge in [0, 0.05) is 18.7 Å². The van der Waals surface area contributed by atoms with Crippen molar-refractivity contribution in [3.05, 3.63) is 12.2 Å². The minimum atomic E-state index is -0.859. The van der Waals surface area contributed by atoms with Crippen LogP contribution in [0.2, 0.25) is 0 Å². The zero-order valence-corrected chi connectivity index (χ0v) is 9.98. The molecule has 1 aliphatic rings. The summed E-state index contributed by atoms with van der Waals surface area (Å²) in [6, 6.07) is 0.611. The number of piperidine rings is 1. The van der Waals surface area contributed by atoms with Gasteiger partial charge in [0.15, 0.2) is 0 Å². The molecular weight excluding hydrogens is 204 g/mol. The molecule has 2 N–H and O–H groups in total.